The van der Waals surface area contributed by atoms with E-state index in [1.165, 1.54) is 21.3 Å². The molecule has 9 heteroatoms. The number of fused-ring (bicyclic) bond motifs is 1. The SMILES string of the molecule is Cn1cc(-c2cccc(C[S+](C)[O-])c2)c(-c2cn(C)c(=O)c3[nH]c(-c4ccc(F)cc4F)cc23)cc1=O. The Labute approximate surface area is 214 Å². The summed E-state index contributed by atoms with van der Waals surface area (Å²) in [5, 5.41) is 0.502. The number of rotatable bonds is 5. The third-order valence-corrected chi connectivity index (χ3v) is 7.05. The fourth-order valence-corrected chi connectivity index (χ4v) is 5.20. The number of aromatic nitrogens is 3. The number of aromatic amines is 1. The van der Waals surface area contributed by atoms with E-state index in [0.717, 1.165) is 28.8 Å². The van der Waals surface area contributed by atoms with Crippen molar-refractivity contribution < 1.29 is 13.3 Å². The quantitative estimate of drug-likeness (QED) is 0.341. The maximum absolute atomic E-state index is 14.6. The van der Waals surface area contributed by atoms with Crippen LogP contribution < -0.4 is 11.1 Å². The van der Waals surface area contributed by atoms with Crippen LogP contribution in [0.5, 0.6) is 0 Å². The van der Waals surface area contributed by atoms with Gasteiger partial charge in [0.2, 0.25) is 0 Å². The lowest BCUT2D eigenvalue weighted by atomic mass is 9.94. The number of benzene rings is 2. The molecule has 188 valence electrons. The molecule has 3 aromatic heterocycles. The predicted molar refractivity (Wildman–Crippen MR) is 143 cm³/mol. The predicted octanol–water partition coefficient (Wildman–Crippen LogP) is 4.72. The molecule has 1 atom stereocenters. The molecule has 1 unspecified atom stereocenters. The molecule has 5 rings (SSSR count). The van der Waals surface area contributed by atoms with Gasteiger partial charge < -0.3 is 18.7 Å². The van der Waals surface area contributed by atoms with Crippen molar-refractivity contribution in [2.24, 2.45) is 14.1 Å². The van der Waals surface area contributed by atoms with E-state index in [2.05, 4.69) is 4.98 Å². The molecular weight excluding hydrogens is 496 g/mol. The zero-order valence-electron chi connectivity index (χ0n) is 20.3. The molecule has 0 aliphatic carbocycles. The van der Waals surface area contributed by atoms with Gasteiger partial charge in [0.1, 0.15) is 22.9 Å². The van der Waals surface area contributed by atoms with E-state index in [1.54, 1.807) is 38.8 Å². The normalized spacial score (nSPS) is 12.3. The molecule has 0 radical (unpaired) electrons. The Balaban J connectivity index is 1.79. The first kappa shape index (κ1) is 24.7. The Kier molecular flexibility index (Phi) is 6.35. The van der Waals surface area contributed by atoms with Gasteiger partial charge in [0.25, 0.3) is 11.1 Å². The second-order valence-corrected chi connectivity index (χ2v) is 10.5. The standard InChI is InChI=1S/C28H23F2N3O3S/c1-32-13-22(17-6-4-5-16(9-17)15-37(3)36)20(12-26(32)34)23-14-33(2)28(35)27-21(23)11-25(31-27)19-8-7-18(29)10-24(19)30/h4-14,31H,15H2,1-3H3. The molecular formula is C28H23F2N3O3S. The minimum Gasteiger partial charge on any atom is -0.616 e. The first-order valence-electron chi connectivity index (χ1n) is 11.4. The van der Waals surface area contributed by atoms with Crippen LogP contribution in [0, 0.1) is 11.6 Å². The van der Waals surface area contributed by atoms with E-state index in [9.17, 15) is 22.9 Å². The summed E-state index contributed by atoms with van der Waals surface area (Å²) in [5.41, 5.74) is 3.72. The molecule has 0 aliphatic heterocycles. The van der Waals surface area contributed by atoms with Gasteiger partial charge in [-0.1, -0.05) is 29.4 Å². The number of pyridine rings is 2. The number of hydrogen-bond acceptors (Lipinski definition) is 3. The molecule has 0 fully saturated rings. The summed E-state index contributed by atoms with van der Waals surface area (Å²) in [5.74, 6) is -1.07. The summed E-state index contributed by atoms with van der Waals surface area (Å²) in [6.07, 6.45) is 5.01. The minimum absolute atomic E-state index is 0.120. The third-order valence-electron chi connectivity index (χ3n) is 6.31. The fraction of sp³-hybridized carbons (Fsp3) is 0.143. The second kappa shape index (κ2) is 9.49. The first-order chi connectivity index (χ1) is 17.6. The van der Waals surface area contributed by atoms with Crippen molar-refractivity contribution in [1.29, 1.82) is 0 Å². The van der Waals surface area contributed by atoms with Crippen molar-refractivity contribution in [3.05, 3.63) is 105 Å². The van der Waals surface area contributed by atoms with Gasteiger partial charge in [0.15, 0.2) is 0 Å². The lowest BCUT2D eigenvalue weighted by Gasteiger charge is -2.15. The van der Waals surface area contributed by atoms with E-state index in [1.807, 2.05) is 24.3 Å². The van der Waals surface area contributed by atoms with Gasteiger partial charge in [-0.15, -0.1) is 0 Å². The van der Waals surface area contributed by atoms with Gasteiger partial charge in [0.05, 0.1) is 6.26 Å². The Morgan fingerprint density at radius 3 is 2.38 bits per heavy atom. The van der Waals surface area contributed by atoms with Crippen LogP contribution in [-0.2, 0) is 31.0 Å². The lowest BCUT2D eigenvalue weighted by Crippen LogP contribution is -2.18. The number of H-pyrrole nitrogens is 1. The van der Waals surface area contributed by atoms with E-state index >= 15 is 0 Å². The summed E-state index contributed by atoms with van der Waals surface area (Å²) in [6, 6.07) is 14.0. The second-order valence-electron chi connectivity index (χ2n) is 9.02. The van der Waals surface area contributed by atoms with Crippen LogP contribution >= 0.6 is 0 Å². The first-order valence-corrected chi connectivity index (χ1v) is 13.1. The summed E-state index contributed by atoms with van der Waals surface area (Å²) in [4.78, 5) is 28.8. The zero-order valence-corrected chi connectivity index (χ0v) is 21.2. The summed E-state index contributed by atoms with van der Waals surface area (Å²) < 4.78 is 42.7. The Morgan fingerprint density at radius 2 is 1.65 bits per heavy atom. The minimum atomic E-state index is -1.03. The highest BCUT2D eigenvalue weighted by atomic mass is 32.2. The summed E-state index contributed by atoms with van der Waals surface area (Å²) in [6.45, 7) is 0. The van der Waals surface area contributed by atoms with E-state index in [-0.39, 0.29) is 22.2 Å². The van der Waals surface area contributed by atoms with Gasteiger partial charge in [0, 0.05) is 72.0 Å². The highest BCUT2D eigenvalue weighted by molar-refractivity contribution is 7.89. The van der Waals surface area contributed by atoms with Crippen LogP contribution in [0.25, 0.3) is 44.4 Å². The van der Waals surface area contributed by atoms with Crippen LogP contribution in [0.15, 0.2) is 76.6 Å². The molecule has 0 saturated carbocycles. The van der Waals surface area contributed by atoms with Crippen LogP contribution in [0.2, 0.25) is 0 Å². The third kappa shape index (κ3) is 4.63. The molecule has 0 aliphatic rings. The van der Waals surface area contributed by atoms with Crippen molar-refractivity contribution >= 4 is 22.1 Å². The van der Waals surface area contributed by atoms with Gasteiger partial charge in [-0.25, -0.2) is 8.78 Å². The number of nitrogens with one attached hydrogen (secondary N) is 1. The molecule has 5 aromatic rings. The number of hydrogen-bond donors (Lipinski definition) is 1. The molecule has 1 N–H and O–H groups in total. The zero-order chi connectivity index (χ0) is 26.4. The molecule has 0 saturated heterocycles. The lowest BCUT2D eigenvalue weighted by molar-refractivity contribution is 0.585. The summed E-state index contributed by atoms with van der Waals surface area (Å²) >= 11 is -1.03. The summed E-state index contributed by atoms with van der Waals surface area (Å²) in [7, 11) is 3.25. The van der Waals surface area contributed by atoms with Gasteiger partial charge >= 0.3 is 0 Å². The Bertz CT molecular complexity index is 1790. The highest BCUT2D eigenvalue weighted by Crippen LogP contribution is 2.37. The largest absolute Gasteiger partial charge is 0.616 e. The average molecular weight is 520 g/mol. The molecule has 0 spiro atoms. The Hall–Kier alpha value is -3.95. The van der Waals surface area contributed by atoms with Crippen LogP contribution in [-0.4, -0.2) is 24.9 Å². The highest BCUT2D eigenvalue weighted by Gasteiger charge is 2.19. The van der Waals surface area contributed by atoms with Crippen molar-refractivity contribution in [1.82, 2.24) is 14.1 Å². The van der Waals surface area contributed by atoms with Gasteiger partial charge in [-0.2, -0.15) is 0 Å². The topological polar surface area (TPSA) is 82.8 Å². The van der Waals surface area contributed by atoms with Gasteiger partial charge in [-0.3, -0.25) is 9.59 Å². The molecule has 6 nitrogen and oxygen atoms in total. The molecule has 37 heavy (non-hydrogen) atoms. The number of nitrogens with zero attached hydrogens (tertiary/aromatic N) is 2. The van der Waals surface area contributed by atoms with Crippen LogP contribution in [0.4, 0.5) is 8.78 Å². The van der Waals surface area contributed by atoms with Crippen molar-refractivity contribution in [3.63, 3.8) is 0 Å². The fourth-order valence-electron chi connectivity index (χ4n) is 4.55. The van der Waals surface area contributed by atoms with Crippen molar-refractivity contribution in [2.45, 2.75) is 5.75 Å². The Morgan fingerprint density at radius 1 is 0.892 bits per heavy atom. The molecule has 0 amide bonds. The average Bonchev–Trinajstić information content (AvgIpc) is 3.28. The molecule has 2 aromatic carbocycles. The maximum Gasteiger partial charge on any atom is 0.274 e. The maximum atomic E-state index is 14.6. The van der Waals surface area contributed by atoms with Crippen LogP contribution in [0.1, 0.15) is 5.56 Å². The molecule has 3 heterocycles. The number of halogens is 2. The smallest absolute Gasteiger partial charge is 0.274 e. The van der Waals surface area contributed by atoms with Crippen molar-refractivity contribution in [2.75, 3.05) is 6.26 Å². The van der Waals surface area contributed by atoms with Gasteiger partial charge in [-0.05, 0) is 35.4 Å². The van der Waals surface area contributed by atoms with E-state index in [4.69, 9.17) is 0 Å². The molecule has 0 bridgehead atoms. The van der Waals surface area contributed by atoms with Crippen LogP contribution in [0.3, 0.4) is 0 Å². The van der Waals surface area contributed by atoms with E-state index < -0.39 is 22.8 Å². The van der Waals surface area contributed by atoms with E-state index in [0.29, 0.717) is 28.0 Å². The monoisotopic (exact) mass is 519 g/mol. The number of aryl methyl sites for hydroxylation is 2. The van der Waals surface area contributed by atoms with Crippen molar-refractivity contribution in [3.8, 4) is 33.5 Å².